The van der Waals surface area contributed by atoms with Crippen LogP contribution in [0.15, 0.2) is 24.8 Å². The summed E-state index contributed by atoms with van der Waals surface area (Å²) in [5.74, 6) is -0.181. The van der Waals surface area contributed by atoms with Crippen LogP contribution in [0.1, 0.15) is 81.8 Å². The molecule has 6 atom stereocenters. The minimum atomic E-state index is -0.826. The molecular weight excluding hydrogens is 483 g/mol. The highest BCUT2D eigenvalue weighted by molar-refractivity contribution is 6.48. The number of aryl methyl sites for hydroxylation is 1. The fourth-order valence-electron chi connectivity index (χ4n) is 6.83. The zero-order valence-corrected chi connectivity index (χ0v) is 23.2. The van der Waals surface area contributed by atoms with Crippen molar-refractivity contribution >= 4 is 18.9 Å². The first-order valence-corrected chi connectivity index (χ1v) is 13.6. The Balaban J connectivity index is 1.42. The van der Waals surface area contributed by atoms with Gasteiger partial charge in [0, 0.05) is 38.3 Å². The van der Waals surface area contributed by atoms with Crippen molar-refractivity contribution in [3.05, 3.63) is 42.0 Å². The Labute approximate surface area is 224 Å². The Hall–Kier alpha value is -2.79. The molecule has 2 amide bonds. The van der Waals surface area contributed by atoms with E-state index < -0.39 is 18.9 Å². The van der Waals surface area contributed by atoms with E-state index in [9.17, 15) is 9.59 Å². The molecule has 2 aromatic rings. The molecule has 4 fully saturated rings. The lowest BCUT2D eigenvalue weighted by Gasteiger charge is -2.63. The SMILES string of the molecule is CC(C)C[C@H](NC(=O)[C@@H](Cc1nccn1C)c1nccnc1C(N)=O)B1O[C@@H]2[C@H]3C[C@@H](C[C@]2(C)O1)C3(C)C. The van der Waals surface area contributed by atoms with E-state index in [1.54, 1.807) is 6.20 Å². The maximum atomic E-state index is 14.0. The zero-order chi connectivity index (χ0) is 27.4. The fraction of sp³-hybridized carbons (Fsp3) is 0.667. The van der Waals surface area contributed by atoms with Crippen molar-refractivity contribution in [1.82, 2.24) is 24.8 Å². The van der Waals surface area contributed by atoms with E-state index in [2.05, 4.69) is 54.9 Å². The lowest BCUT2D eigenvalue weighted by atomic mass is 9.45. The smallest absolute Gasteiger partial charge is 0.404 e. The fourth-order valence-corrected chi connectivity index (χ4v) is 6.83. The molecule has 10 nitrogen and oxygen atoms in total. The summed E-state index contributed by atoms with van der Waals surface area (Å²) in [6.07, 6.45) is 9.39. The van der Waals surface area contributed by atoms with E-state index in [1.165, 1.54) is 18.8 Å². The second kappa shape index (κ2) is 9.75. The average molecular weight is 522 g/mol. The van der Waals surface area contributed by atoms with E-state index in [1.807, 2.05) is 17.8 Å². The van der Waals surface area contributed by atoms with Gasteiger partial charge in [-0.3, -0.25) is 14.6 Å². The highest BCUT2D eigenvalue weighted by Crippen LogP contribution is 2.64. The molecule has 2 aromatic heterocycles. The third-order valence-corrected chi connectivity index (χ3v) is 9.13. The molecule has 4 aliphatic rings. The van der Waals surface area contributed by atoms with Gasteiger partial charge >= 0.3 is 7.12 Å². The lowest BCUT2D eigenvalue weighted by molar-refractivity contribution is -0.185. The summed E-state index contributed by atoms with van der Waals surface area (Å²) in [6, 6.07) is 0. The number of nitrogens with two attached hydrogens (primary N) is 1. The number of carbonyl (C=O) groups is 2. The lowest BCUT2D eigenvalue weighted by Crippen LogP contribution is -2.63. The summed E-state index contributed by atoms with van der Waals surface area (Å²) in [4.78, 5) is 39.1. The number of nitrogens with one attached hydrogen (secondary N) is 1. The number of aromatic nitrogens is 4. The Morgan fingerprint density at radius 1 is 1.21 bits per heavy atom. The van der Waals surface area contributed by atoms with Gasteiger partial charge in [-0.05, 0) is 49.4 Å². The van der Waals surface area contributed by atoms with E-state index in [4.69, 9.17) is 15.0 Å². The molecule has 1 aliphatic heterocycles. The molecule has 3 heterocycles. The summed E-state index contributed by atoms with van der Waals surface area (Å²) in [5, 5.41) is 3.22. The molecular formula is C27H39BN6O4. The van der Waals surface area contributed by atoms with E-state index >= 15 is 0 Å². The third kappa shape index (κ3) is 4.64. The van der Waals surface area contributed by atoms with Crippen LogP contribution in [0.5, 0.6) is 0 Å². The topological polar surface area (TPSA) is 134 Å². The van der Waals surface area contributed by atoms with Gasteiger partial charge in [0.05, 0.1) is 29.3 Å². The number of carbonyl (C=O) groups excluding carboxylic acids is 2. The molecule has 0 aromatic carbocycles. The first-order valence-electron chi connectivity index (χ1n) is 13.6. The molecule has 0 spiro atoms. The number of hydrogen-bond donors (Lipinski definition) is 2. The Kier molecular flexibility index (Phi) is 6.88. The number of hydrogen-bond acceptors (Lipinski definition) is 7. The van der Waals surface area contributed by atoms with Crippen LogP contribution in [-0.2, 0) is 27.6 Å². The van der Waals surface area contributed by atoms with Gasteiger partial charge in [0.25, 0.3) is 5.91 Å². The maximum absolute atomic E-state index is 14.0. The van der Waals surface area contributed by atoms with Crippen molar-refractivity contribution in [2.75, 3.05) is 0 Å². The van der Waals surface area contributed by atoms with Crippen molar-refractivity contribution < 1.29 is 18.9 Å². The second-order valence-electron chi connectivity index (χ2n) is 12.5. The first-order chi connectivity index (χ1) is 17.9. The molecule has 11 heteroatoms. The van der Waals surface area contributed by atoms with Crippen molar-refractivity contribution in [1.29, 1.82) is 0 Å². The summed E-state index contributed by atoms with van der Waals surface area (Å²) in [6.45, 7) is 11.0. The molecule has 3 saturated carbocycles. The predicted molar refractivity (Wildman–Crippen MR) is 142 cm³/mol. The Morgan fingerprint density at radius 2 is 1.95 bits per heavy atom. The molecule has 0 radical (unpaired) electrons. The summed E-state index contributed by atoms with van der Waals surface area (Å²) in [7, 11) is 1.30. The molecule has 1 saturated heterocycles. The number of nitrogens with zero attached hydrogens (tertiary/aromatic N) is 4. The van der Waals surface area contributed by atoms with E-state index in [-0.39, 0.29) is 46.8 Å². The first kappa shape index (κ1) is 26.8. The van der Waals surface area contributed by atoms with Gasteiger partial charge in [0.2, 0.25) is 5.91 Å². The van der Waals surface area contributed by atoms with Crippen LogP contribution in [0, 0.1) is 23.2 Å². The van der Waals surface area contributed by atoms with Gasteiger partial charge in [-0.1, -0.05) is 27.7 Å². The quantitative estimate of drug-likeness (QED) is 0.483. The molecule has 6 rings (SSSR count). The van der Waals surface area contributed by atoms with E-state index in [0.29, 0.717) is 30.0 Å². The predicted octanol–water partition coefficient (Wildman–Crippen LogP) is 2.43. The van der Waals surface area contributed by atoms with E-state index in [0.717, 1.165) is 6.42 Å². The van der Waals surface area contributed by atoms with Crippen LogP contribution in [0.25, 0.3) is 0 Å². The van der Waals surface area contributed by atoms with Crippen LogP contribution in [0.3, 0.4) is 0 Å². The number of primary amides is 1. The van der Waals surface area contributed by atoms with Gasteiger partial charge in [-0.25, -0.2) is 9.97 Å². The number of rotatable bonds is 9. The maximum Gasteiger partial charge on any atom is 0.481 e. The van der Waals surface area contributed by atoms with Gasteiger partial charge in [-0.2, -0.15) is 0 Å². The molecule has 2 bridgehead atoms. The molecule has 38 heavy (non-hydrogen) atoms. The zero-order valence-electron chi connectivity index (χ0n) is 23.2. The van der Waals surface area contributed by atoms with Gasteiger partial charge < -0.3 is 24.9 Å². The van der Waals surface area contributed by atoms with Gasteiger partial charge in [0.1, 0.15) is 11.5 Å². The summed E-state index contributed by atoms with van der Waals surface area (Å²) < 4.78 is 15.1. The van der Waals surface area contributed by atoms with Crippen LogP contribution < -0.4 is 11.1 Å². The Morgan fingerprint density at radius 3 is 2.58 bits per heavy atom. The largest absolute Gasteiger partial charge is 0.481 e. The van der Waals surface area contributed by atoms with Crippen molar-refractivity contribution in [3.8, 4) is 0 Å². The van der Waals surface area contributed by atoms with Crippen molar-refractivity contribution in [2.45, 2.75) is 83.9 Å². The van der Waals surface area contributed by atoms with Crippen LogP contribution in [-0.4, -0.2) is 56.1 Å². The Bertz CT molecular complexity index is 1220. The second-order valence-corrected chi connectivity index (χ2v) is 12.5. The number of imidazole rings is 1. The molecule has 3 N–H and O–H groups in total. The van der Waals surface area contributed by atoms with Crippen LogP contribution in [0.2, 0.25) is 0 Å². The molecule has 0 unspecified atom stereocenters. The van der Waals surface area contributed by atoms with Crippen LogP contribution >= 0.6 is 0 Å². The standard InChI is InChI=1S/C27H39BN6O4/c1-15(2)11-19(28-37-23-18-12-16(26(18,3)4)14-27(23,5)38-28)33-25(36)17(13-20-30-9-10-34(20)6)21-22(24(29)35)32-8-7-31-21/h7-10,15-19,23H,11-14H2,1-6H3,(H2,29,35)(H,33,36)/t16-,17-,18+,19-,23+,27-/m0/s1. The summed E-state index contributed by atoms with van der Waals surface area (Å²) in [5.41, 5.74) is 5.71. The van der Waals surface area contributed by atoms with Gasteiger partial charge in [-0.15, -0.1) is 0 Å². The number of amides is 2. The van der Waals surface area contributed by atoms with Crippen LogP contribution in [0.4, 0.5) is 0 Å². The highest BCUT2D eigenvalue weighted by Gasteiger charge is 2.67. The summed E-state index contributed by atoms with van der Waals surface area (Å²) >= 11 is 0. The average Bonchev–Trinajstić information content (AvgIpc) is 3.43. The van der Waals surface area contributed by atoms with Crippen molar-refractivity contribution in [3.63, 3.8) is 0 Å². The minimum absolute atomic E-state index is 0.00360. The normalized spacial score (nSPS) is 28.9. The van der Waals surface area contributed by atoms with Crippen molar-refractivity contribution in [2.24, 2.45) is 36.0 Å². The monoisotopic (exact) mass is 522 g/mol. The molecule has 3 aliphatic carbocycles. The highest BCUT2D eigenvalue weighted by atomic mass is 16.7. The molecule has 204 valence electrons. The third-order valence-electron chi connectivity index (χ3n) is 9.13. The minimum Gasteiger partial charge on any atom is -0.404 e. The van der Waals surface area contributed by atoms with Gasteiger partial charge in [0.15, 0.2) is 0 Å².